The third-order valence-electron chi connectivity index (χ3n) is 4.03. The highest BCUT2D eigenvalue weighted by molar-refractivity contribution is 5.89. The van der Waals surface area contributed by atoms with Crippen LogP contribution in [-0.4, -0.2) is 61.8 Å². The maximum atomic E-state index is 12.5. The van der Waals surface area contributed by atoms with E-state index in [0.29, 0.717) is 45.5 Å². The normalized spacial score (nSPS) is 12.2. The van der Waals surface area contributed by atoms with Crippen molar-refractivity contribution < 1.29 is 34.0 Å². The van der Waals surface area contributed by atoms with Gasteiger partial charge in [0.05, 0.1) is 38.4 Å². The standard InChI is InChI=1S/C19H36O7/c1-6-10-24-19(25-11-7-2,26-12-8-3)16(5)17(22)23-15-18(9-4,13-20)14-21/h20-21H,5-15H2,1-4H3. The Morgan fingerprint density at radius 2 is 1.31 bits per heavy atom. The summed E-state index contributed by atoms with van der Waals surface area (Å²) in [6.07, 6.45) is 2.59. The molecule has 0 aliphatic rings. The highest BCUT2D eigenvalue weighted by Gasteiger charge is 2.42. The van der Waals surface area contributed by atoms with Gasteiger partial charge in [0.2, 0.25) is 0 Å². The number of aliphatic hydroxyl groups is 2. The largest absolute Gasteiger partial charge is 0.461 e. The van der Waals surface area contributed by atoms with Crippen LogP contribution in [0.25, 0.3) is 0 Å². The average Bonchev–Trinajstić information content (AvgIpc) is 2.68. The first-order valence-electron chi connectivity index (χ1n) is 9.40. The second-order valence-electron chi connectivity index (χ2n) is 6.33. The number of hydrogen-bond donors (Lipinski definition) is 2. The van der Waals surface area contributed by atoms with Crippen molar-refractivity contribution in [3.8, 4) is 0 Å². The van der Waals surface area contributed by atoms with Gasteiger partial charge >= 0.3 is 11.9 Å². The highest BCUT2D eigenvalue weighted by Crippen LogP contribution is 2.28. The van der Waals surface area contributed by atoms with Crippen molar-refractivity contribution in [3.05, 3.63) is 12.2 Å². The van der Waals surface area contributed by atoms with Gasteiger partial charge in [-0.25, -0.2) is 4.79 Å². The minimum absolute atomic E-state index is 0.0891. The van der Waals surface area contributed by atoms with Crippen molar-refractivity contribution >= 4 is 5.97 Å². The van der Waals surface area contributed by atoms with Gasteiger partial charge in [0.25, 0.3) is 0 Å². The fourth-order valence-corrected chi connectivity index (χ4v) is 1.99. The van der Waals surface area contributed by atoms with Gasteiger partial charge in [-0.3, -0.25) is 0 Å². The van der Waals surface area contributed by atoms with Crippen LogP contribution in [0, 0.1) is 5.41 Å². The predicted octanol–water partition coefficient (Wildman–Crippen LogP) is 2.40. The second-order valence-corrected chi connectivity index (χ2v) is 6.33. The molecule has 2 N–H and O–H groups in total. The van der Waals surface area contributed by atoms with Crippen LogP contribution in [-0.2, 0) is 23.7 Å². The Morgan fingerprint density at radius 1 is 0.885 bits per heavy atom. The number of aliphatic hydroxyl groups excluding tert-OH is 2. The lowest BCUT2D eigenvalue weighted by molar-refractivity contribution is -0.356. The number of rotatable bonds is 16. The van der Waals surface area contributed by atoms with Crippen LogP contribution >= 0.6 is 0 Å². The molecule has 0 spiro atoms. The first-order valence-corrected chi connectivity index (χ1v) is 9.40. The summed E-state index contributed by atoms with van der Waals surface area (Å²) in [6.45, 7) is 11.6. The summed E-state index contributed by atoms with van der Waals surface area (Å²) >= 11 is 0. The molecule has 0 heterocycles. The van der Waals surface area contributed by atoms with Crippen LogP contribution in [0.1, 0.15) is 53.4 Å². The van der Waals surface area contributed by atoms with Crippen molar-refractivity contribution in [1.29, 1.82) is 0 Å². The van der Waals surface area contributed by atoms with E-state index in [-0.39, 0.29) is 25.4 Å². The minimum atomic E-state index is -1.69. The monoisotopic (exact) mass is 376 g/mol. The zero-order valence-corrected chi connectivity index (χ0v) is 16.7. The van der Waals surface area contributed by atoms with Crippen LogP contribution in [0.15, 0.2) is 12.2 Å². The molecule has 154 valence electrons. The second kappa shape index (κ2) is 13.2. The van der Waals surface area contributed by atoms with E-state index in [0.717, 1.165) is 0 Å². The molecule has 0 aliphatic carbocycles. The molecule has 0 saturated carbocycles. The van der Waals surface area contributed by atoms with Crippen LogP contribution in [0.2, 0.25) is 0 Å². The van der Waals surface area contributed by atoms with Gasteiger partial charge in [0, 0.05) is 0 Å². The molecule has 0 fully saturated rings. The van der Waals surface area contributed by atoms with Crippen LogP contribution < -0.4 is 0 Å². The van der Waals surface area contributed by atoms with Crippen LogP contribution in [0.5, 0.6) is 0 Å². The summed E-state index contributed by atoms with van der Waals surface area (Å²) in [5, 5.41) is 19.0. The van der Waals surface area contributed by atoms with Gasteiger partial charge in [-0.2, -0.15) is 0 Å². The lowest BCUT2D eigenvalue weighted by atomic mass is 9.88. The third kappa shape index (κ3) is 7.32. The maximum Gasteiger partial charge on any atom is 0.341 e. The Bertz CT molecular complexity index is 375. The fraction of sp³-hybridized carbons (Fsp3) is 0.842. The quantitative estimate of drug-likeness (QED) is 0.243. The first kappa shape index (κ1) is 25.0. The summed E-state index contributed by atoms with van der Waals surface area (Å²) in [4.78, 5) is 12.5. The fourth-order valence-electron chi connectivity index (χ4n) is 1.99. The van der Waals surface area contributed by atoms with Gasteiger partial charge in [0.15, 0.2) is 0 Å². The Morgan fingerprint density at radius 3 is 1.62 bits per heavy atom. The number of esters is 1. The van der Waals surface area contributed by atoms with Gasteiger partial charge in [0.1, 0.15) is 12.2 Å². The van der Waals surface area contributed by atoms with E-state index < -0.39 is 17.4 Å². The SMILES string of the molecule is C=C(C(=O)OCC(CC)(CO)CO)C(OCCC)(OCCC)OCCC. The van der Waals surface area contributed by atoms with E-state index >= 15 is 0 Å². The van der Waals surface area contributed by atoms with Crippen molar-refractivity contribution in [2.75, 3.05) is 39.6 Å². The molecule has 0 radical (unpaired) electrons. The van der Waals surface area contributed by atoms with E-state index in [9.17, 15) is 15.0 Å². The smallest absolute Gasteiger partial charge is 0.341 e. The summed E-state index contributed by atoms with van der Waals surface area (Å²) in [7, 11) is 0. The number of carbonyl (C=O) groups is 1. The van der Waals surface area contributed by atoms with Crippen molar-refractivity contribution in [1.82, 2.24) is 0 Å². The van der Waals surface area contributed by atoms with Gasteiger partial charge in [-0.1, -0.05) is 34.3 Å². The molecule has 7 nitrogen and oxygen atoms in total. The molecule has 0 aromatic heterocycles. The number of hydrogen-bond acceptors (Lipinski definition) is 7. The zero-order valence-electron chi connectivity index (χ0n) is 16.7. The molecule has 0 aromatic carbocycles. The summed E-state index contributed by atoms with van der Waals surface area (Å²) in [6, 6.07) is 0. The minimum Gasteiger partial charge on any atom is -0.461 e. The molecule has 0 aliphatic heterocycles. The van der Waals surface area contributed by atoms with Crippen LogP contribution in [0.3, 0.4) is 0 Å². The molecular weight excluding hydrogens is 340 g/mol. The number of ether oxygens (including phenoxy) is 4. The van der Waals surface area contributed by atoms with Crippen molar-refractivity contribution in [2.24, 2.45) is 5.41 Å². The average molecular weight is 376 g/mol. The molecule has 0 aromatic rings. The van der Waals surface area contributed by atoms with E-state index in [4.69, 9.17) is 18.9 Å². The molecule has 0 amide bonds. The lowest BCUT2D eigenvalue weighted by Crippen LogP contribution is -2.45. The molecule has 26 heavy (non-hydrogen) atoms. The Balaban J connectivity index is 5.29. The summed E-state index contributed by atoms with van der Waals surface area (Å²) in [5.74, 6) is -2.43. The van der Waals surface area contributed by atoms with Gasteiger partial charge in [-0.15, -0.1) is 0 Å². The molecule has 0 bridgehead atoms. The molecule has 7 heteroatoms. The predicted molar refractivity (Wildman–Crippen MR) is 98.5 cm³/mol. The van der Waals surface area contributed by atoms with Crippen molar-refractivity contribution in [3.63, 3.8) is 0 Å². The topological polar surface area (TPSA) is 94.5 Å². The van der Waals surface area contributed by atoms with E-state index in [1.54, 1.807) is 6.92 Å². The van der Waals surface area contributed by atoms with Gasteiger partial charge in [-0.05, 0) is 25.7 Å². The summed E-state index contributed by atoms with van der Waals surface area (Å²) in [5.41, 5.74) is -0.981. The molecule has 0 saturated heterocycles. The summed E-state index contributed by atoms with van der Waals surface area (Å²) < 4.78 is 22.5. The van der Waals surface area contributed by atoms with Gasteiger partial charge < -0.3 is 29.2 Å². The third-order valence-corrected chi connectivity index (χ3v) is 4.03. The maximum absolute atomic E-state index is 12.5. The molecule has 0 rings (SSSR count). The Hall–Kier alpha value is -0.990. The van der Waals surface area contributed by atoms with E-state index in [1.165, 1.54) is 0 Å². The zero-order chi connectivity index (χ0) is 20.1. The first-order chi connectivity index (χ1) is 12.4. The molecule has 0 atom stereocenters. The molecule has 0 unspecified atom stereocenters. The van der Waals surface area contributed by atoms with E-state index in [2.05, 4.69) is 6.58 Å². The Kier molecular flexibility index (Phi) is 12.7. The Labute approximate surface area is 157 Å². The highest BCUT2D eigenvalue weighted by atomic mass is 16.9. The molecular formula is C19H36O7. The number of carbonyl (C=O) groups excluding carboxylic acids is 1. The lowest BCUT2D eigenvalue weighted by Gasteiger charge is -2.34. The van der Waals surface area contributed by atoms with Crippen LogP contribution in [0.4, 0.5) is 0 Å². The van der Waals surface area contributed by atoms with Crippen molar-refractivity contribution in [2.45, 2.75) is 59.4 Å². The van der Waals surface area contributed by atoms with E-state index in [1.807, 2.05) is 20.8 Å².